The lowest BCUT2D eigenvalue weighted by molar-refractivity contribution is 0.668. The average Bonchev–Trinajstić information content (AvgIpc) is 3.04. The summed E-state index contributed by atoms with van der Waals surface area (Å²) in [4.78, 5) is 16.3. The zero-order valence-electron chi connectivity index (χ0n) is 47.6. The third-order valence-electron chi connectivity index (χ3n) is 18.0. The van der Waals surface area contributed by atoms with E-state index in [1.807, 2.05) is 35.6 Å². The molecule has 7 nitrogen and oxygen atoms in total. The van der Waals surface area contributed by atoms with Crippen molar-refractivity contribution in [2.24, 2.45) is 0 Å². The standard InChI is InChI=1S/C81H47N5O2S/c1-2-19-55(20-3-1)85-70-40-36-49(44-66(70)60-38-35-52(46-71(60)85)57-26-14-27-64-63-25-7-11-33-76(63)89-78(57)64)50-37-41-73-67(45-50)77-65(28-15-32-74(77)87-73)81-83-79(53-17-12-16-48(42-53)51-34-39-62-61-24-6-10-31-72(61)88-75(62)47-51)82-80(84-81)54-18-13-21-56(43-54)86-68-29-8-4-22-58(68)59-23-5-9-30-69(59)86/h1-47H. The quantitative estimate of drug-likeness (QED) is 0.152. The molecule has 0 N–H and O–H groups in total. The van der Waals surface area contributed by atoms with E-state index in [0.717, 1.165) is 116 Å². The molecule has 0 bridgehead atoms. The van der Waals surface area contributed by atoms with Gasteiger partial charge in [0.05, 0.1) is 22.1 Å². The van der Waals surface area contributed by atoms with Crippen LogP contribution in [0, 0.1) is 0 Å². The summed E-state index contributed by atoms with van der Waals surface area (Å²) in [5.74, 6) is 1.65. The highest BCUT2D eigenvalue weighted by molar-refractivity contribution is 7.26. The minimum absolute atomic E-state index is 0.540. The maximum absolute atomic E-state index is 6.76. The van der Waals surface area contributed by atoms with Gasteiger partial charge < -0.3 is 18.0 Å². The first-order valence-corrected chi connectivity index (χ1v) is 30.8. The molecule has 0 fully saturated rings. The molecule has 6 heterocycles. The molecule has 0 amide bonds. The second-order valence-corrected chi connectivity index (χ2v) is 24.1. The van der Waals surface area contributed by atoms with Crippen molar-refractivity contribution in [3.05, 3.63) is 285 Å². The van der Waals surface area contributed by atoms with Crippen molar-refractivity contribution in [1.29, 1.82) is 0 Å². The summed E-state index contributed by atoms with van der Waals surface area (Å²) in [5, 5.41) is 11.5. The fraction of sp³-hybridized carbons (Fsp3) is 0. The molecule has 89 heavy (non-hydrogen) atoms. The van der Waals surface area contributed by atoms with Crippen molar-refractivity contribution in [2.75, 3.05) is 0 Å². The van der Waals surface area contributed by atoms with E-state index in [-0.39, 0.29) is 0 Å². The molecule has 0 unspecified atom stereocenters. The number of aromatic nitrogens is 5. The van der Waals surface area contributed by atoms with Crippen LogP contribution >= 0.6 is 11.3 Å². The second-order valence-electron chi connectivity index (χ2n) is 23.0. The molecule has 6 aromatic heterocycles. The monoisotopic (exact) mass is 1150 g/mol. The molecule has 19 rings (SSSR count). The lowest BCUT2D eigenvalue weighted by Gasteiger charge is -2.12. The van der Waals surface area contributed by atoms with Gasteiger partial charge in [-0.25, -0.2) is 15.0 Å². The van der Waals surface area contributed by atoms with Gasteiger partial charge in [0.1, 0.15) is 22.3 Å². The Hall–Kier alpha value is -11.7. The summed E-state index contributed by atoms with van der Waals surface area (Å²) in [7, 11) is 0. The van der Waals surface area contributed by atoms with Gasteiger partial charge in [0, 0.05) is 91.3 Å². The van der Waals surface area contributed by atoms with Crippen LogP contribution in [0.5, 0.6) is 0 Å². The number of rotatable bonds is 8. The number of hydrogen-bond acceptors (Lipinski definition) is 6. The van der Waals surface area contributed by atoms with Gasteiger partial charge in [-0.2, -0.15) is 0 Å². The summed E-state index contributed by atoms with van der Waals surface area (Å²) in [5.41, 5.74) is 19.1. The minimum atomic E-state index is 0.540. The molecule has 0 atom stereocenters. The Labute approximate surface area is 512 Å². The number of benzene rings is 13. The van der Waals surface area contributed by atoms with Crippen molar-refractivity contribution in [1.82, 2.24) is 24.1 Å². The van der Waals surface area contributed by atoms with Gasteiger partial charge in [-0.15, -0.1) is 11.3 Å². The lowest BCUT2D eigenvalue weighted by atomic mass is 9.98. The molecule has 0 saturated heterocycles. The summed E-state index contributed by atoms with van der Waals surface area (Å²) in [6.45, 7) is 0. The molecule has 0 saturated carbocycles. The molecular formula is C81H47N5O2S. The Bertz CT molecular complexity index is 6090. The zero-order valence-corrected chi connectivity index (χ0v) is 48.4. The van der Waals surface area contributed by atoms with E-state index in [9.17, 15) is 0 Å². The average molecular weight is 1150 g/mol. The first-order chi connectivity index (χ1) is 44.1. The van der Waals surface area contributed by atoms with E-state index in [1.54, 1.807) is 0 Å². The molecule has 0 aliphatic carbocycles. The number of para-hydroxylation sites is 4. The molecule has 0 radical (unpaired) electrons. The highest BCUT2D eigenvalue weighted by Gasteiger charge is 2.22. The molecule has 0 aliphatic heterocycles. The third-order valence-corrected chi connectivity index (χ3v) is 19.2. The van der Waals surface area contributed by atoms with Gasteiger partial charge in [-0.05, 0) is 137 Å². The van der Waals surface area contributed by atoms with E-state index >= 15 is 0 Å². The largest absolute Gasteiger partial charge is 0.456 e. The van der Waals surface area contributed by atoms with Gasteiger partial charge in [0.25, 0.3) is 0 Å². The van der Waals surface area contributed by atoms with Crippen molar-refractivity contribution in [3.8, 4) is 78.9 Å². The van der Waals surface area contributed by atoms with Gasteiger partial charge in [-0.1, -0.05) is 182 Å². The van der Waals surface area contributed by atoms with Crippen molar-refractivity contribution < 1.29 is 8.83 Å². The molecule has 19 aromatic rings. The molecule has 13 aromatic carbocycles. The highest BCUT2D eigenvalue weighted by Crippen LogP contribution is 2.45. The minimum Gasteiger partial charge on any atom is -0.456 e. The van der Waals surface area contributed by atoms with E-state index in [1.165, 1.54) is 52.8 Å². The Balaban J connectivity index is 0.766. The fourth-order valence-electron chi connectivity index (χ4n) is 13.9. The van der Waals surface area contributed by atoms with Crippen molar-refractivity contribution in [2.45, 2.75) is 0 Å². The second kappa shape index (κ2) is 19.4. The van der Waals surface area contributed by atoms with Crippen LogP contribution in [0.3, 0.4) is 0 Å². The van der Waals surface area contributed by atoms with Crippen LogP contribution in [0.15, 0.2) is 294 Å². The van der Waals surface area contributed by atoms with Crippen LogP contribution in [-0.4, -0.2) is 24.1 Å². The van der Waals surface area contributed by atoms with Gasteiger partial charge in [0.15, 0.2) is 17.5 Å². The van der Waals surface area contributed by atoms with Crippen LogP contribution in [0.1, 0.15) is 0 Å². The maximum Gasteiger partial charge on any atom is 0.164 e. The third kappa shape index (κ3) is 7.80. The predicted octanol–water partition coefficient (Wildman–Crippen LogP) is 22.2. The van der Waals surface area contributed by atoms with Crippen LogP contribution < -0.4 is 0 Å². The van der Waals surface area contributed by atoms with Crippen LogP contribution in [0.25, 0.3) is 187 Å². The Morgan fingerprint density at radius 1 is 0.258 bits per heavy atom. The van der Waals surface area contributed by atoms with E-state index < -0.39 is 0 Å². The summed E-state index contributed by atoms with van der Waals surface area (Å²) < 4.78 is 20.5. The summed E-state index contributed by atoms with van der Waals surface area (Å²) in [6.07, 6.45) is 0. The fourth-order valence-corrected chi connectivity index (χ4v) is 15.1. The number of fused-ring (bicyclic) bond motifs is 15. The number of nitrogens with zero attached hydrogens (tertiary/aromatic N) is 5. The van der Waals surface area contributed by atoms with Crippen LogP contribution in [-0.2, 0) is 0 Å². The summed E-state index contributed by atoms with van der Waals surface area (Å²) in [6, 6.07) is 102. The molecular weight excluding hydrogens is 1110 g/mol. The molecule has 8 heteroatoms. The molecule has 414 valence electrons. The topological polar surface area (TPSA) is 74.8 Å². The maximum atomic E-state index is 6.76. The summed E-state index contributed by atoms with van der Waals surface area (Å²) >= 11 is 1.87. The first-order valence-electron chi connectivity index (χ1n) is 30.0. The number of furan rings is 2. The van der Waals surface area contributed by atoms with Gasteiger partial charge in [0.2, 0.25) is 0 Å². The first kappa shape index (κ1) is 49.5. The Morgan fingerprint density at radius 2 is 0.775 bits per heavy atom. The van der Waals surface area contributed by atoms with Crippen molar-refractivity contribution >= 4 is 119 Å². The SMILES string of the molecule is c1ccc(-n2c3ccc(-c4ccc5oc6cccc(-c7nc(-c8cccc(-c9ccc%10c(c9)oc9ccccc9%10)c8)nc(-c8cccc(-n9c%10ccccc%10c%10ccccc%109)c8)n7)c6c5c4)cc3c3ccc(-c4cccc5c4sc4ccccc45)cc32)cc1. The molecule has 0 spiro atoms. The highest BCUT2D eigenvalue weighted by atomic mass is 32.1. The number of thiophene rings is 1. The normalized spacial score (nSPS) is 12.0. The van der Waals surface area contributed by atoms with E-state index in [0.29, 0.717) is 17.5 Å². The smallest absolute Gasteiger partial charge is 0.164 e. The van der Waals surface area contributed by atoms with E-state index in [2.05, 4.69) is 270 Å². The van der Waals surface area contributed by atoms with Gasteiger partial charge >= 0.3 is 0 Å². The Morgan fingerprint density at radius 3 is 1.62 bits per heavy atom. The number of hydrogen-bond donors (Lipinski definition) is 0. The van der Waals surface area contributed by atoms with Crippen LogP contribution in [0.2, 0.25) is 0 Å². The van der Waals surface area contributed by atoms with Crippen molar-refractivity contribution in [3.63, 3.8) is 0 Å². The Kier molecular flexibility index (Phi) is 10.8. The van der Waals surface area contributed by atoms with Gasteiger partial charge in [-0.3, -0.25) is 0 Å². The van der Waals surface area contributed by atoms with E-state index in [4.69, 9.17) is 23.8 Å². The van der Waals surface area contributed by atoms with Crippen LogP contribution in [0.4, 0.5) is 0 Å². The lowest BCUT2D eigenvalue weighted by Crippen LogP contribution is -2.01. The predicted molar refractivity (Wildman–Crippen MR) is 369 cm³/mol. The molecule has 0 aliphatic rings. The zero-order chi connectivity index (χ0) is 58.3.